The number of ketones is 1. The summed E-state index contributed by atoms with van der Waals surface area (Å²) in [6, 6.07) is 7.64. The first-order chi connectivity index (χ1) is 9.06. The molecule has 0 atom stereocenters. The molecule has 0 unspecified atom stereocenters. The number of hydrogen-bond acceptors (Lipinski definition) is 5. The molecule has 1 aromatic carbocycles. The first-order valence-electron chi connectivity index (χ1n) is 5.92. The number of rotatable bonds is 8. The van der Waals surface area contributed by atoms with Gasteiger partial charge in [-0.05, 0) is 18.6 Å². The van der Waals surface area contributed by atoms with E-state index in [4.69, 9.17) is 18.0 Å². The number of Topliss-reactive ketones (excluding diaryl/α,β-unsaturated/α-hetero) is 1. The lowest BCUT2D eigenvalue weighted by Gasteiger charge is -2.23. The minimum absolute atomic E-state index is 0.0182. The van der Waals surface area contributed by atoms with Gasteiger partial charge in [0.1, 0.15) is 12.4 Å². The van der Waals surface area contributed by atoms with Crippen LogP contribution in [0.2, 0.25) is 6.04 Å². The average molecular weight is 284 g/mol. The molecule has 0 aliphatic carbocycles. The van der Waals surface area contributed by atoms with Gasteiger partial charge in [0.05, 0.1) is 6.04 Å². The van der Waals surface area contributed by atoms with Crippen LogP contribution in [-0.4, -0.2) is 42.5 Å². The van der Waals surface area contributed by atoms with Crippen LogP contribution in [0.1, 0.15) is 5.56 Å². The zero-order chi connectivity index (χ0) is 14.3. The molecule has 0 aliphatic heterocycles. The van der Waals surface area contributed by atoms with E-state index in [1.54, 1.807) is 0 Å². The van der Waals surface area contributed by atoms with E-state index in [-0.39, 0.29) is 18.4 Å². The monoisotopic (exact) mass is 284 g/mol. The number of aryl methyl sites for hydroxylation is 1. The van der Waals surface area contributed by atoms with Crippen molar-refractivity contribution in [1.29, 1.82) is 0 Å². The van der Waals surface area contributed by atoms with Crippen LogP contribution < -0.4 is 4.74 Å². The third-order valence-electron chi connectivity index (χ3n) is 2.83. The van der Waals surface area contributed by atoms with Gasteiger partial charge < -0.3 is 18.0 Å². The van der Waals surface area contributed by atoms with E-state index in [1.165, 1.54) is 21.3 Å². The summed E-state index contributed by atoms with van der Waals surface area (Å²) in [5, 5.41) is 0. The van der Waals surface area contributed by atoms with Gasteiger partial charge in [0.2, 0.25) is 0 Å². The largest absolute Gasteiger partial charge is 0.507 e. The lowest BCUT2D eigenvalue weighted by atomic mass is 10.2. The second kappa shape index (κ2) is 7.39. The van der Waals surface area contributed by atoms with Crippen molar-refractivity contribution in [2.45, 2.75) is 13.0 Å². The maximum atomic E-state index is 11.9. The SMILES string of the molecule is CO[Si](CC(=O)COc1ccccc1C)(OC)OC. The molecule has 1 aromatic rings. The average Bonchev–Trinajstić information content (AvgIpc) is 2.44. The van der Waals surface area contributed by atoms with Crippen molar-refractivity contribution >= 4 is 14.6 Å². The summed E-state index contributed by atoms with van der Waals surface area (Å²) in [5.41, 5.74) is 0.990. The highest BCUT2D eigenvalue weighted by Gasteiger charge is 2.40. The molecule has 0 amide bonds. The van der Waals surface area contributed by atoms with Gasteiger partial charge in [0.15, 0.2) is 5.78 Å². The summed E-state index contributed by atoms with van der Waals surface area (Å²) in [7, 11) is 1.58. The Morgan fingerprint density at radius 3 is 2.21 bits per heavy atom. The van der Waals surface area contributed by atoms with Gasteiger partial charge in [-0.15, -0.1) is 0 Å². The molecule has 0 bridgehead atoms. The smallest absolute Gasteiger partial charge is 0.486 e. The molecule has 0 aromatic heterocycles. The van der Waals surface area contributed by atoms with Crippen molar-refractivity contribution in [3.05, 3.63) is 29.8 Å². The zero-order valence-electron chi connectivity index (χ0n) is 11.8. The van der Waals surface area contributed by atoms with Gasteiger partial charge in [-0.3, -0.25) is 4.79 Å². The Kier molecular flexibility index (Phi) is 6.17. The predicted molar refractivity (Wildman–Crippen MR) is 73.3 cm³/mol. The van der Waals surface area contributed by atoms with Crippen LogP contribution >= 0.6 is 0 Å². The molecule has 0 saturated carbocycles. The first-order valence-corrected chi connectivity index (χ1v) is 7.85. The van der Waals surface area contributed by atoms with Crippen molar-refractivity contribution in [2.75, 3.05) is 27.9 Å². The van der Waals surface area contributed by atoms with E-state index in [2.05, 4.69) is 0 Å². The Balaban J connectivity index is 2.54. The van der Waals surface area contributed by atoms with E-state index in [0.29, 0.717) is 5.75 Å². The van der Waals surface area contributed by atoms with Crippen LogP contribution in [0.4, 0.5) is 0 Å². The Morgan fingerprint density at radius 2 is 1.68 bits per heavy atom. The molecular weight excluding hydrogens is 264 g/mol. The van der Waals surface area contributed by atoms with Crippen molar-refractivity contribution in [2.24, 2.45) is 0 Å². The van der Waals surface area contributed by atoms with Gasteiger partial charge in [-0.2, -0.15) is 0 Å². The van der Waals surface area contributed by atoms with Gasteiger partial charge in [0.25, 0.3) is 0 Å². The Bertz CT molecular complexity index is 409. The van der Waals surface area contributed by atoms with Crippen molar-refractivity contribution in [3.8, 4) is 5.75 Å². The second-order valence-corrected chi connectivity index (χ2v) is 7.01. The Hall–Kier alpha value is -1.21. The Labute approximate surface area is 114 Å². The molecule has 0 radical (unpaired) electrons. The van der Waals surface area contributed by atoms with E-state index in [9.17, 15) is 4.79 Å². The molecule has 0 heterocycles. The highest BCUT2D eigenvalue weighted by Crippen LogP contribution is 2.17. The molecule has 0 saturated heterocycles. The maximum Gasteiger partial charge on any atom is 0.507 e. The van der Waals surface area contributed by atoms with Gasteiger partial charge in [-0.1, -0.05) is 18.2 Å². The summed E-state index contributed by atoms with van der Waals surface area (Å²) < 4.78 is 21.1. The first kappa shape index (κ1) is 15.8. The Morgan fingerprint density at radius 1 is 1.11 bits per heavy atom. The minimum atomic E-state index is -2.86. The fraction of sp³-hybridized carbons (Fsp3) is 0.462. The summed E-state index contributed by atoms with van der Waals surface area (Å²) >= 11 is 0. The minimum Gasteiger partial charge on any atom is -0.486 e. The summed E-state index contributed by atoms with van der Waals surface area (Å²) in [5.74, 6) is 0.593. The molecule has 19 heavy (non-hydrogen) atoms. The molecule has 0 spiro atoms. The number of carbonyl (C=O) groups excluding carboxylic acids is 1. The van der Waals surface area contributed by atoms with Crippen molar-refractivity contribution in [1.82, 2.24) is 0 Å². The number of hydrogen-bond donors (Lipinski definition) is 0. The van der Waals surface area contributed by atoms with Crippen LogP contribution in [0.5, 0.6) is 5.75 Å². The third-order valence-corrected chi connectivity index (χ3v) is 5.52. The molecule has 5 nitrogen and oxygen atoms in total. The summed E-state index contributed by atoms with van der Waals surface area (Å²) in [4.78, 5) is 11.9. The van der Waals surface area contributed by atoms with Crippen LogP contribution in [0.3, 0.4) is 0 Å². The van der Waals surface area contributed by atoms with Crippen LogP contribution in [-0.2, 0) is 18.1 Å². The summed E-state index contributed by atoms with van der Waals surface area (Å²) in [6.07, 6.45) is 0. The van der Waals surface area contributed by atoms with Gasteiger partial charge >= 0.3 is 8.80 Å². The maximum absolute atomic E-state index is 11.9. The number of ether oxygens (including phenoxy) is 1. The number of para-hydroxylation sites is 1. The highest BCUT2D eigenvalue weighted by atomic mass is 28.4. The van der Waals surface area contributed by atoms with Gasteiger partial charge in [-0.25, -0.2) is 0 Å². The lowest BCUT2D eigenvalue weighted by molar-refractivity contribution is -0.119. The van der Waals surface area contributed by atoms with E-state index >= 15 is 0 Å². The van der Waals surface area contributed by atoms with Crippen molar-refractivity contribution < 1.29 is 22.8 Å². The molecule has 0 aliphatic rings. The van der Waals surface area contributed by atoms with E-state index in [0.717, 1.165) is 5.56 Å². The number of carbonyl (C=O) groups is 1. The molecule has 6 heteroatoms. The standard InChI is InChI=1S/C13H20O5Si/c1-11-7-5-6-8-13(11)18-9-12(14)10-19(15-2,16-3)17-4/h5-8H,9-10H2,1-4H3. The predicted octanol–water partition coefficient (Wildman–Crippen LogP) is 1.82. The highest BCUT2D eigenvalue weighted by molar-refractivity contribution is 6.64. The van der Waals surface area contributed by atoms with Crippen LogP contribution in [0.15, 0.2) is 24.3 Å². The molecular formula is C13H20O5Si. The zero-order valence-corrected chi connectivity index (χ0v) is 12.8. The van der Waals surface area contributed by atoms with Gasteiger partial charge in [0, 0.05) is 21.3 Å². The third kappa shape index (κ3) is 4.43. The molecule has 0 fully saturated rings. The van der Waals surface area contributed by atoms with E-state index in [1.807, 2.05) is 31.2 Å². The fourth-order valence-corrected chi connectivity index (χ4v) is 3.15. The quantitative estimate of drug-likeness (QED) is 0.682. The molecule has 106 valence electrons. The normalized spacial score (nSPS) is 11.4. The van der Waals surface area contributed by atoms with Crippen LogP contribution in [0.25, 0.3) is 0 Å². The molecule has 1 rings (SSSR count). The topological polar surface area (TPSA) is 54.0 Å². The van der Waals surface area contributed by atoms with Crippen LogP contribution in [0, 0.1) is 6.92 Å². The fourth-order valence-electron chi connectivity index (χ4n) is 1.64. The lowest BCUT2D eigenvalue weighted by Crippen LogP contribution is -2.45. The van der Waals surface area contributed by atoms with Crippen molar-refractivity contribution in [3.63, 3.8) is 0 Å². The summed E-state index contributed by atoms with van der Waals surface area (Å²) in [6.45, 7) is 1.91. The number of benzene rings is 1. The molecule has 0 N–H and O–H groups in total. The van der Waals surface area contributed by atoms with E-state index < -0.39 is 8.80 Å². The second-order valence-electron chi connectivity index (χ2n) is 4.07.